The lowest BCUT2D eigenvalue weighted by molar-refractivity contribution is 0.0746. The first-order valence-corrected chi connectivity index (χ1v) is 17.6. The summed E-state index contributed by atoms with van der Waals surface area (Å²) in [6.45, 7) is 9.53. The average molecular weight is 521 g/mol. The van der Waals surface area contributed by atoms with Gasteiger partial charge in [0.2, 0.25) is 0 Å². The molecule has 0 aromatic heterocycles. The van der Waals surface area contributed by atoms with Gasteiger partial charge in [0.25, 0.3) is 0 Å². The highest BCUT2D eigenvalue weighted by atomic mass is 16.5. The van der Waals surface area contributed by atoms with Crippen molar-refractivity contribution in [2.24, 2.45) is 0 Å². The molecule has 222 valence electrons. The highest BCUT2D eigenvalue weighted by molar-refractivity contribution is 4.79. The molecular formula is C36H72O. The van der Waals surface area contributed by atoms with Gasteiger partial charge in [-0.15, -0.1) is 6.58 Å². The van der Waals surface area contributed by atoms with Crippen LogP contribution in [0.15, 0.2) is 12.7 Å². The quantitative estimate of drug-likeness (QED) is 0.0617. The van der Waals surface area contributed by atoms with E-state index in [1.165, 1.54) is 193 Å². The van der Waals surface area contributed by atoms with Crippen molar-refractivity contribution in [1.82, 2.24) is 0 Å². The van der Waals surface area contributed by atoms with Crippen LogP contribution in [-0.2, 0) is 4.74 Å². The molecule has 0 aromatic rings. The van der Waals surface area contributed by atoms with Gasteiger partial charge in [-0.3, -0.25) is 0 Å². The van der Waals surface area contributed by atoms with Crippen molar-refractivity contribution in [3.05, 3.63) is 12.7 Å². The van der Waals surface area contributed by atoms with E-state index in [9.17, 15) is 0 Å². The average Bonchev–Trinajstić information content (AvgIpc) is 2.91. The molecular weight excluding hydrogens is 448 g/mol. The lowest BCUT2D eigenvalue weighted by Gasteiger charge is -2.14. The molecule has 0 spiro atoms. The van der Waals surface area contributed by atoms with Crippen molar-refractivity contribution in [3.8, 4) is 0 Å². The van der Waals surface area contributed by atoms with E-state index in [2.05, 4.69) is 20.4 Å². The first kappa shape index (κ1) is 36.7. The minimum absolute atomic E-state index is 0.282. The van der Waals surface area contributed by atoms with E-state index in [-0.39, 0.29) is 6.10 Å². The van der Waals surface area contributed by atoms with Gasteiger partial charge in [0.15, 0.2) is 0 Å². The van der Waals surface area contributed by atoms with Crippen molar-refractivity contribution in [2.45, 2.75) is 213 Å². The van der Waals surface area contributed by atoms with E-state index >= 15 is 0 Å². The molecule has 1 unspecified atom stereocenters. The molecule has 0 aliphatic rings. The maximum Gasteiger partial charge on any atom is 0.0753 e. The number of unbranched alkanes of at least 4 members (excludes halogenated alkanes) is 27. The second-order valence-electron chi connectivity index (χ2n) is 12.0. The molecule has 1 atom stereocenters. The van der Waals surface area contributed by atoms with Gasteiger partial charge >= 0.3 is 0 Å². The fourth-order valence-corrected chi connectivity index (χ4v) is 5.52. The van der Waals surface area contributed by atoms with Crippen molar-refractivity contribution in [3.63, 3.8) is 0 Å². The molecule has 0 fully saturated rings. The van der Waals surface area contributed by atoms with Crippen LogP contribution < -0.4 is 0 Å². The van der Waals surface area contributed by atoms with Crippen LogP contribution in [0.3, 0.4) is 0 Å². The van der Waals surface area contributed by atoms with E-state index in [1.807, 2.05) is 6.08 Å². The monoisotopic (exact) mass is 521 g/mol. The molecule has 0 aliphatic carbocycles. The SMILES string of the molecule is C=CC(CCCCCCCCCCCCCCC)OCCCCCCCCCCCCCCCCCC. The Labute approximate surface area is 236 Å². The van der Waals surface area contributed by atoms with E-state index in [1.54, 1.807) is 0 Å². The predicted octanol–water partition coefficient (Wildman–Crippen LogP) is 13.3. The minimum atomic E-state index is 0.282. The summed E-state index contributed by atoms with van der Waals surface area (Å²) < 4.78 is 6.10. The molecule has 0 bridgehead atoms. The van der Waals surface area contributed by atoms with Gasteiger partial charge in [0.1, 0.15) is 0 Å². The van der Waals surface area contributed by atoms with Gasteiger partial charge < -0.3 is 4.74 Å². The van der Waals surface area contributed by atoms with E-state index in [0.29, 0.717) is 0 Å². The zero-order chi connectivity index (χ0) is 26.9. The van der Waals surface area contributed by atoms with Crippen LogP contribution in [0.2, 0.25) is 0 Å². The zero-order valence-electron chi connectivity index (χ0n) is 26.2. The first-order valence-electron chi connectivity index (χ1n) is 17.6. The Bertz CT molecular complexity index is 403. The van der Waals surface area contributed by atoms with Crippen molar-refractivity contribution >= 4 is 0 Å². The number of ether oxygens (including phenoxy) is 1. The van der Waals surface area contributed by atoms with Gasteiger partial charge in [-0.2, -0.15) is 0 Å². The van der Waals surface area contributed by atoms with Crippen LogP contribution in [0.1, 0.15) is 206 Å². The number of hydrogen-bond acceptors (Lipinski definition) is 1. The lowest BCUT2D eigenvalue weighted by atomic mass is 10.0. The minimum Gasteiger partial charge on any atom is -0.374 e. The van der Waals surface area contributed by atoms with Gasteiger partial charge in [-0.25, -0.2) is 0 Å². The summed E-state index contributed by atoms with van der Waals surface area (Å²) in [5.74, 6) is 0. The molecule has 0 saturated heterocycles. The zero-order valence-corrected chi connectivity index (χ0v) is 26.2. The lowest BCUT2D eigenvalue weighted by Crippen LogP contribution is -2.10. The van der Waals surface area contributed by atoms with Crippen LogP contribution in [-0.4, -0.2) is 12.7 Å². The Balaban J connectivity index is 3.25. The smallest absolute Gasteiger partial charge is 0.0753 e. The molecule has 0 radical (unpaired) electrons. The second kappa shape index (κ2) is 33.7. The molecule has 37 heavy (non-hydrogen) atoms. The molecule has 1 heteroatoms. The van der Waals surface area contributed by atoms with Crippen LogP contribution in [0.25, 0.3) is 0 Å². The molecule has 0 rings (SSSR count). The summed E-state index contributed by atoms with van der Waals surface area (Å²) in [5, 5.41) is 0. The van der Waals surface area contributed by atoms with E-state index in [0.717, 1.165) is 6.61 Å². The van der Waals surface area contributed by atoms with Crippen LogP contribution >= 0.6 is 0 Å². The molecule has 0 saturated carbocycles. The molecule has 1 nitrogen and oxygen atoms in total. The van der Waals surface area contributed by atoms with Crippen molar-refractivity contribution in [1.29, 1.82) is 0 Å². The van der Waals surface area contributed by atoms with E-state index < -0.39 is 0 Å². The summed E-state index contributed by atoms with van der Waals surface area (Å²) in [6, 6.07) is 0. The summed E-state index contributed by atoms with van der Waals surface area (Å²) in [4.78, 5) is 0. The molecule has 0 aliphatic heterocycles. The maximum absolute atomic E-state index is 6.10. The third-order valence-electron chi connectivity index (χ3n) is 8.18. The van der Waals surface area contributed by atoms with Gasteiger partial charge in [-0.1, -0.05) is 200 Å². The Morgan fingerprint density at radius 1 is 0.405 bits per heavy atom. The highest BCUT2D eigenvalue weighted by Crippen LogP contribution is 2.16. The third kappa shape index (κ3) is 31.8. The van der Waals surface area contributed by atoms with Crippen molar-refractivity contribution in [2.75, 3.05) is 6.61 Å². The van der Waals surface area contributed by atoms with Crippen LogP contribution in [0.5, 0.6) is 0 Å². The third-order valence-corrected chi connectivity index (χ3v) is 8.18. The summed E-state index contributed by atoms with van der Waals surface area (Å²) in [5.41, 5.74) is 0. The standard InChI is InChI=1S/C36H72O/c1-4-7-9-11-13-15-17-19-20-21-23-25-27-29-31-33-35-37-36(6-3)34-32-30-28-26-24-22-18-16-14-12-10-8-5-2/h6,36H,3-5,7-35H2,1-2H3. The summed E-state index contributed by atoms with van der Waals surface area (Å²) in [6.07, 6.45) is 44.7. The van der Waals surface area contributed by atoms with Crippen molar-refractivity contribution < 1.29 is 4.74 Å². The first-order chi connectivity index (χ1) is 18.3. The van der Waals surface area contributed by atoms with Gasteiger partial charge in [-0.05, 0) is 12.8 Å². The molecule has 0 N–H and O–H groups in total. The largest absolute Gasteiger partial charge is 0.374 e. The Hall–Kier alpha value is -0.300. The Morgan fingerprint density at radius 2 is 0.676 bits per heavy atom. The normalized spacial score (nSPS) is 12.3. The van der Waals surface area contributed by atoms with Gasteiger partial charge in [0.05, 0.1) is 6.10 Å². The predicted molar refractivity (Wildman–Crippen MR) is 170 cm³/mol. The van der Waals surface area contributed by atoms with Crippen LogP contribution in [0.4, 0.5) is 0 Å². The molecule has 0 amide bonds. The van der Waals surface area contributed by atoms with E-state index in [4.69, 9.17) is 4.74 Å². The number of rotatable bonds is 33. The fourth-order valence-electron chi connectivity index (χ4n) is 5.52. The Morgan fingerprint density at radius 3 is 0.973 bits per heavy atom. The van der Waals surface area contributed by atoms with Gasteiger partial charge in [0, 0.05) is 6.61 Å². The second-order valence-corrected chi connectivity index (χ2v) is 12.0. The molecule has 0 aromatic carbocycles. The highest BCUT2D eigenvalue weighted by Gasteiger charge is 2.04. The topological polar surface area (TPSA) is 9.23 Å². The Kier molecular flexibility index (Phi) is 33.5. The molecule has 0 heterocycles. The fraction of sp³-hybridized carbons (Fsp3) is 0.944. The van der Waals surface area contributed by atoms with Crippen LogP contribution in [0, 0.1) is 0 Å². The summed E-state index contributed by atoms with van der Waals surface area (Å²) >= 11 is 0. The summed E-state index contributed by atoms with van der Waals surface area (Å²) in [7, 11) is 0. The maximum atomic E-state index is 6.10. The number of hydrogen-bond donors (Lipinski definition) is 0.